The van der Waals surface area contributed by atoms with E-state index >= 15 is 0 Å². The maximum absolute atomic E-state index is 4.54. The second-order valence-corrected chi connectivity index (χ2v) is 5.21. The highest BCUT2D eigenvalue weighted by molar-refractivity contribution is 5.56. The summed E-state index contributed by atoms with van der Waals surface area (Å²) in [5, 5.41) is 3.41. The minimum absolute atomic E-state index is 0.402. The Hall–Kier alpha value is -1.77. The number of hydrogen-bond acceptors (Lipinski definition) is 2. The van der Waals surface area contributed by atoms with Crippen LogP contribution in [0.5, 0.6) is 0 Å². The molecular weight excluding hydrogens is 222 g/mol. The molecule has 0 saturated heterocycles. The highest BCUT2D eigenvalue weighted by atomic mass is 15.2. The zero-order valence-electron chi connectivity index (χ0n) is 11.8. The van der Waals surface area contributed by atoms with Gasteiger partial charge in [-0.3, -0.25) is 0 Å². The topological polar surface area (TPSA) is 29.9 Å². The molecule has 3 nitrogen and oxygen atoms in total. The van der Waals surface area contributed by atoms with Crippen LogP contribution in [0.15, 0.2) is 24.4 Å². The van der Waals surface area contributed by atoms with Crippen LogP contribution in [0.4, 0.5) is 11.6 Å². The van der Waals surface area contributed by atoms with Gasteiger partial charge in [-0.1, -0.05) is 6.07 Å². The second kappa shape index (κ2) is 4.84. The molecule has 0 aliphatic carbocycles. The van der Waals surface area contributed by atoms with Crippen LogP contribution < -0.4 is 5.32 Å². The molecule has 0 unspecified atom stereocenters. The van der Waals surface area contributed by atoms with E-state index in [-0.39, 0.29) is 0 Å². The third-order valence-electron chi connectivity index (χ3n) is 2.89. The van der Waals surface area contributed by atoms with Gasteiger partial charge in [0.1, 0.15) is 0 Å². The summed E-state index contributed by atoms with van der Waals surface area (Å²) in [4.78, 5) is 4.54. The van der Waals surface area contributed by atoms with Crippen LogP contribution in [0.1, 0.15) is 36.7 Å². The first kappa shape index (κ1) is 12.7. The summed E-state index contributed by atoms with van der Waals surface area (Å²) in [6.07, 6.45) is 2.08. The number of aromatic nitrogens is 2. The lowest BCUT2D eigenvalue weighted by molar-refractivity contribution is 0.607. The first-order valence-electron chi connectivity index (χ1n) is 6.36. The van der Waals surface area contributed by atoms with E-state index in [1.54, 1.807) is 0 Å². The smallest absolute Gasteiger partial charge is 0.207 e. The summed E-state index contributed by atoms with van der Waals surface area (Å²) in [5.74, 6) is 0.910. The van der Waals surface area contributed by atoms with E-state index in [1.807, 2.05) is 6.92 Å². The van der Waals surface area contributed by atoms with Gasteiger partial charge in [0.2, 0.25) is 5.95 Å². The Labute approximate surface area is 109 Å². The van der Waals surface area contributed by atoms with E-state index in [9.17, 15) is 0 Å². The fourth-order valence-electron chi connectivity index (χ4n) is 2.18. The number of anilines is 2. The van der Waals surface area contributed by atoms with Gasteiger partial charge in [-0.25, -0.2) is 4.98 Å². The lowest BCUT2D eigenvalue weighted by Gasteiger charge is -2.13. The number of aryl methyl sites for hydroxylation is 3. The van der Waals surface area contributed by atoms with Crippen molar-refractivity contribution in [2.45, 2.75) is 40.7 Å². The maximum Gasteiger partial charge on any atom is 0.207 e. The number of imidazole rings is 1. The van der Waals surface area contributed by atoms with Crippen molar-refractivity contribution in [3.63, 3.8) is 0 Å². The van der Waals surface area contributed by atoms with Gasteiger partial charge < -0.3 is 9.88 Å². The quantitative estimate of drug-likeness (QED) is 0.878. The third-order valence-corrected chi connectivity index (χ3v) is 2.89. The molecular formula is C15H21N3. The van der Waals surface area contributed by atoms with E-state index < -0.39 is 0 Å². The SMILES string of the molecule is Cc1cc(C)cc(Nc2nc(C)cn2C(C)C)c1. The van der Waals surface area contributed by atoms with Crippen LogP contribution in [-0.4, -0.2) is 9.55 Å². The molecule has 0 spiro atoms. The van der Waals surface area contributed by atoms with Crippen LogP contribution in [0.3, 0.4) is 0 Å². The van der Waals surface area contributed by atoms with E-state index in [0.29, 0.717) is 6.04 Å². The van der Waals surface area contributed by atoms with Gasteiger partial charge in [0, 0.05) is 17.9 Å². The van der Waals surface area contributed by atoms with E-state index in [2.05, 4.69) is 67.0 Å². The van der Waals surface area contributed by atoms with Crippen molar-refractivity contribution >= 4 is 11.6 Å². The van der Waals surface area contributed by atoms with Gasteiger partial charge in [0.05, 0.1) is 5.69 Å². The fourth-order valence-corrected chi connectivity index (χ4v) is 2.18. The van der Waals surface area contributed by atoms with Gasteiger partial charge in [0.25, 0.3) is 0 Å². The average molecular weight is 243 g/mol. The number of nitrogens with zero attached hydrogens (tertiary/aromatic N) is 2. The molecule has 0 aliphatic heterocycles. The number of nitrogens with one attached hydrogen (secondary N) is 1. The number of benzene rings is 1. The Balaban J connectivity index is 2.33. The zero-order chi connectivity index (χ0) is 13.3. The molecule has 0 bridgehead atoms. The van der Waals surface area contributed by atoms with Crippen LogP contribution in [-0.2, 0) is 0 Å². The maximum atomic E-state index is 4.54. The van der Waals surface area contributed by atoms with Crippen molar-refractivity contribution in [3.05, 3.63) is 41.2 Å². The summed E-state index contributed by atoms with van der Waals surface area (Å²) in [5.41, 5.74) is 4.66. The lowest BCUT2D eigenvalue weighted by Crippen LogP contribution is -2.05. The van der Waals surface area contributed by atoms with Crippen molar-refractivity contribution in [1.29, 1.82) is 0 Å². The summed E-state index contributed by atoms with van der Waals surface area (Å²) < 4.78 is 2.16. The molecule has 0 aliphatic rings. The Morgan fingerprint density at radius 1 is 1.06 bits per heavy atom. The highest BCUT2D eigenvalue weighted by Crippen LogP contribution is 2.21. The molecule has 18 heavy (non-hydrogen) atoms. The molecule has 0 amide bonds. The van der Waals surface area contributed by atoms with Crippen LogP contribution in [0.2, 0.25) is 0 Å². The molecule has 0 fully saturated rings. The monoisotopic (exact) mass is 243 g/mol. The van der Waals surface area contributed by atoms with Crippen molar-refractivity contribution in [2.75, 3.05) is 5.32 Å². The van der Waals surface area contributed by atoms with Gasteiger partial charge >= 0.3 is 0 Å². The molecule has 3 heteroatoms. The summed E-state index contributed by atoms with van der Waals surface area (Å²) in [6.45, 7) is 10.6. The van der Waals surface area contributed by atoms with E-state index in [1.165, 1.54) is 11.1 Å². The van der Waals surface area contributed by atoms with Gasteiger partial charge in [-0.2, -0.15) is 0 Å². The summed E-state index contributed by atoms with van der Waals surface area (Å²) >= 11 is 0. The molecule has 0 atom stereocenters. The minimum atomic E-state index is 0.402. The summed E-state index contributed by atoms with van der Waals surface area (Å²) in [7, 11) is 0. The first-order chi connectivity index (χ1) is 8.45. The van der Waals surface area contributed by atoms with Gasteiger partial charge in [-0.15, -0.1) is 0 Å². The molecule has 1 N–H and O–H groups in total. The van der Waals surface area contributed by atoms with Crippen molar-refractivity contribution in [3.8, 4) is 0 Å². The largest absolute Gasteiger partial charge is 0.326 e. The minimum Gasteiger partial charge on any atom is -0.326 e. The van der Waals surface area contributed by atoms with Crippen molar-refractivity contribution < 1.29 is 0 Å². The van der Waals surface area contributed by atoms with Gasteiger partial charge in [-0.05, 0) is 57.9 Å². The predicted octanol–water partition coefficient (Wildman–Crippen LogP) is 4.13. The van der Waals surface area contributed by atoms with Crippen molar-refractivity contribution in [1.82, 2.24) is 9.55 Å². The van der Waals surface area contributed by atoms with Crippen LogP contribution in [0, 0.1) is 20.8 Å². The van der Waals surface area contributed by atoms with Crippen LogP contribution >= 0.6 is 0 Å². The highest BCUT2D eigenvalue weighted by Gasteiger charge is 2.08. The van der Waals surface area contributed by atoms with E-state index in [4.69, 9.17) is 0 Å². The first-order valence-corrected chi connectivity index (χ1v) is 6.36. The van der Waals surface area contributed by atoms with Crippen LogP contribution in [0.25, 0.3) is 0 Å². The van der Waals surface area contributed by atoms with Gasteiger partial charge in [0.15, 0.2) is 0 Å². The molecule has 2 aromatic rings. The fraction of sp³-hybridized carbons (Fsp3) is 0.400. The Kier molecular flexibility index (Phi) is 3.41. The lowest BCUT2D eigenvalue weighted by atomic mass is 10.1. The molecule has 2 rings (SSSR count). The second-order valence-electron chi connectivity index (χ2n) is 5.21. The molecule has 0 radical (unpaired) electrons. The van der Waals surface area contributed by atoms with Crippen molar-refractivity contribution in [2.24, 2.45) is 0 Å². The number of hydrogen-bond donors (Lipinski definition) is 1. The molecule has 1 aromatic heterocycles. The molecule has 1 heterocycles. The molecule has 1 aromatic carbocycles. The number of rotatable bonds is 3. The Bertz CT molecular complexity index is 533. The molecule has 0 saturated carbocycles. The summed E-state index contributed by atoms with van der Waals surface area (Å²) in [6, 6.07) is 6.86. The zero-order valence-corrected chi connectivity index (χ0v) is 11.8. The Morgan fingerprint density at radius 3 is 2.22 bits per heavy atom. The predicted molar refractivity (Wildman–Crippen MR) is 76.5 cm³/mol. The third kappa shape index (κ3) is 2.73. The standard InChI is InChI=1S/C15H21N3/c1-10(2)18-9-13(5)16-15(18)17-14-7-11(3)6-12(4)8-14/h6-10H,1-5H3,(H,16,17). The normalized spacial score (nSPS) is 11.0. The molecule has 96 valence electrons. The Morgan fingerprint density at radius 2 is 1.67 bits per heavy atom. The van der Waals surface area contributed by atoms with E-state index in [0.717, 1.165) is 17.3 Å². The average Bonchev–Trinajstić information content (AvgIpc) is 2.57.